The van der Waals surface area contributed by atoms with Crippen LogP contribution in [-0.4, -0.2) is 27.7 Å². The lowest BCUT2D eigenvalue weighted by Gasteiger charge is -2.25. The molecule has 0 aliphatic carbocycles. The summed E-state index contributed by atoms with van der Waals surface area (Å²) in [6, 6.07) is 5.89. The monoisotopic (exact) mass is 331 g/mol. The van der Waals surface area contributed by atoms with E-state index in [0.29, 0.717) is 30.2 Å². The molecule has 4 nitrogen and oxygen atoms in total. The minimum atomic E-state index is -3.54. The van der Waals surface area contributed by atoms with E-state index in [-0.39, 0.29) is 10.9 Å². The predicted octanol–water partition coefficient (Wildman–Crippen LogP) is 3.21. The Morgan fingerprint density at radius 3 is 2.70 bits per heavy atom. The van der Waals surface area contributed by atoms with Crippen LogP contribution >= 0.6 is 0 Å². The van der Waals surface area contributed by atoms with Crippen molar-refractivity contribution in [3.8, 4) is 11.8 Å². The van der Waals surface area contributed by atoms with Crippen LogP contribution in [0.15, 0.2) is 28.0 Å². The van der Waals surface area contributed by atoms with E-state index >= 15 is 0 Å². The lowest BCUT2D eigenvalue weighted by Crippen LogP contribution is -2.28. The van der Waals surface area contributed by atoms with Gasteiger partial charge in [0.2, 0.25) is 9.84 Å². The van der Waals surface area contributed by atoms with Gasteiger partial charge in [0.05, 0.1) is 5.69 Å². The second-order valence-corrected chi connectivity index (χ2v) is 7.58. The van der Waals surface area contributed by atoms with Gasteiger partial charge in [-0.3, -0.25) is 0 Å². The number of ether oxygens (including phenoxy) is 1. The van der Waals surface area contributed by atoms with E-state index in [1.165, 1.54) is 0 Å². The number of hydrogen-bond donors (Lipinski definition) is 1. The minimum Gasteiger partial charge on any atom is -0.381 e. The maximum atomic E-state index is 13.0. The number of hydrogen-bond acceptors (Lipinski definition) is 4. The summed E-state index contributed by atoms with van der Waals surface area (Å²) < 4.78 is 31.3. The molecule has 0 unspecified atom stereocenters. The van der Waals surface area contributed by atoms with E-state index in [9.17, 15) is 8.42 Å². The van der Waals surface area contributed by atoms with E-state index in [1.807, 2.05) is 25.1 Å². The smallest absolute Gasteiger partial charge is 0.217 e. The number of anilines is 1. The Kier molecular flexibility index (Phi) is 4.47. The van der Waals surface area contributed by atoms with Gasteiger partial charge in [-0.25, -0.2) is 8.42 Å². The first-order chi connectivity index (χ1) is 11.1. The van der Waals surface area contributed by atoms with Crippen LogP contribution in [0.5, 0.6) is 0 Å². The van der Waals surface area contributed by atoms with Crippen molar-refractivity contribution in [2.45, 2.75) is 44.0 Å². The molecule has 23 heavy (non-hydrogen) atoms. The number of nitrogens with one attached hydrogen (secondary N) is 1. The lowest BCUT2D eigenvalue weighted by atomic mass is 10.0. The Balaban J connectivity index is 2.07. The van der Waals surface area contributed by atoms with Gasteiger partial charge in [0.25, 0.3) is 0 Å². The Labute approximate surface area is 137 Å². The van der Waals surface area contributed by atoms with E-state index in [2.05, 4.69) is 17.2 Å². The van der Waals surface area contributed by atoms with Gasteiger partial charge in [0.15, 0.2) is 0 Å². The lowest BCUT2D eigenvalue weighted by molar-refractivity contribution is 0.0904. The third kappa shape index (κ3) is 2.77. The molecule has 1 aromatic carbocycles. The molecule has 1 N–H and O–H groups in total. The molecule has 1 aromatic rings. The van der Waals surface area contributed by atoms with Gasteiger partial charge < -0.3 is 10.1 Å². The summed E-state index contributed by atoms with van der Waals surface area (Å²) in [5.41, 5.74) is 2.31. The van der Waals surface area contributed by atoms with Gasteiger partial charge in [0, 0.05) is 24.8 Å². The second-order valence-electron chi connectivity index (χ2n) is 5.75. The van der Waals surface area contributed by atoms with Crippen molar-refractivity contribution in [3.05, 3.63) is 28.7 Å². The van der Waals surface area contributed by atoms with Gasteiger partial charge in [-0.15, -0.1) is 5.92 Å². The first-order valence-electron chi connectivity index (χ1n) is 7.98. The van der Waals surface area contributed by atoms with E-state index in [4.69, 9.17) is 4.74 Å². The normalized spacial score (nSPS) is 19.9. The fourth-order valence-electron chi connectivity index (χ4n) is 3.23. The molecular formula is C18H21NO3S. The molecule has 2 aliphatic rings. The van der Waals surface area contributed by atoms with Gasteiger partial charge in [0.1, 0.15) is 9.80 Å². The van der Waals surface area contributed by atoms with Crippen LogP contribution in [0.25, 0.3) is 5.57 Å². The van der Waals surface area contributed by atoms with E-state index in [1.54, 1.807) is 6.92 Å². The predicted molar refractivity (Wildman–Crippen MR) is 91.8 cm³/mol. The maximum Gasteiger partial charge on any atom is 0.217 e. The Morgan fingerprint density at radius 1 is 1.30 bits per heavy atom. The summed E-state index contributed by atoms with van der Waals surface area (Å²) in [5, 5.41) is 3.41. The van der Waals surface area contributed by atoms with Crippen LogP contribution < -0.4 is 5.32 Å². The highest BCUT2D eigenvalue weighted by molar-refractivity contribution is 7.96. The zero-order valence-corrected chi connectivity index (χ0v) is 14.3. The number of allylic oxidation sites excluding steroid dienone is 2. The van der Waals surface area contributed by atoms with Crippen molar-refractivity contribution >= 4 is 21.1 Å². The van der Waals surface area contributed by atoms with E-state index in [0.717, 1.165) is 24.0 Å². The molecule has 2 heterocycles. The Hall–Kier alpha value is -1.77. The first kappa shape index (κ1) is 16.1. The Morgan fingerprint density at radius 2 is 2.04 bits per heavy atom. The van der Waals surface area contributed by atoms with Gasteiger partial charge in [-0.05, 0) is 37.8 Å². The third-order valence-electron chi connectivity index (χ3n) is 4.32. The van der Waals surface area contributed by atoms with Gasteiger partial charge in [-0.1, -0.05) is 25.0 Å². The van der Waals surface area contributed by atoms with Gasteiger partial charge >= 0.3 is 0 Å². The molecule has 5 heteroatoms. The standard InChI is InChI=1S/C18H21NO3S/c1-3-6-17-14(4-2)15-7-5-8-16(18(15)23(17,20)21)19-13-9-11-22-12-10-13/h5,7-8,13,19H,4,9-12H2,1-2H3. The average molecular weight is 331 g/mol. The minimum absolute atomic E-state index is 0.247. The fourth-order valence-corrected chi connectivity index (χ4v) is 5.15. The largest absolute Gasteiger partial charge is 0.381 e. The molecule has 0 amide bonds. The molecule has 0 atom stereocenters. The Bertz CT molecular complexity index is 806. The topological polar surface area (TPSA) is 55.4 Å². The average Bonchev–Trinajstić information content (AvgIpc) is 2.77. The second kappa shape index (κ2) is 6.38. The van der Waals surface area contributed by atoms with Crippen molar-refractivity contribution in [1.82, 2.24) is 0 Å². The van der Waals surface area contributed by atoms with Crippen LogP contribution in [0, 0.1) is 11.8 Å². The SMILES string of the molecule is CC#CC1=C(CC)c2cccc(NC3CCOCC3)c2S1(=O)=O. The fraction of sp³-hybridized carbons (Fsp3) is 0.444. The molecule has 2 aliphatic heterocycles. The summed E-state index contributed by atoms with van der Waals surface area (Å²) >= 11 is 0. The van der Waals surface area contributed by atoms with Crippen molar-refractivity contribution < 1.29 is 13.2 Å². The molecule has 0 radical (unpaired) electrons. The van der Waals surface area contributed by atoms with Crippen LogP contribution in [0.4, 0.5) is 5.69 Å². The molecule has 0 aromatic heterocycles. The summed E-state index contributed by atoms with van der Waals surface area (Å²) in [5.74, 6) is 5.55. The summed E-state index contributed by atoms with van der Waals surface area (Å²) in [7, 11) is -3.54. The highest BCUT2D eigenvalue weighted by Crippen LogP contribution is 2.44. The van der Waals surface area contributed by atoms with Crippen molar-refractivity contribution in [2.75, 3.05) is 18.5 Å². The van der Waals surface area contributed by atoms with Crippen LogP contribution in [0.3, 0.4) is 0 Å². The summed E-state index contributed by atoms with van der Waals surface area (Å²) in [6.45, 7) is 5.06. The molecule has 0 bridgehead atoms. The summed E-state index contributed by atoms with van der Waals surface area (Å²) in [6.07, 6.45) is 2.43. The van der Waals surface area contributed by atoms with Crippen molar-refractivity contribution in [1.29, 1.82) is 0 Å². The first-order valence-corrected chi connectivity index (χ1v) is 9.46. The van der Waals surface area contributed by atoms with Gasteiger partial charge in [-0.2, -0.15) is 0 Å². The molecule has 1 saturated heterocycles. The quantitative estimate of drug-likeness (QED) is 0.864. The zero-order chi connectivity index (χ0) is 16.4. The molecular weight excluding hydrogens is 310 g/mol. The number of rotatable bonds is 3. The van der Waals surface area contributed by atoms with Crippen LogP contribution in [0.2, 0.25) is 0 Å². The maximum absolute atomic E-state index is 13.0. The van der Waals surface area contributed by atoms with Crippen molar-refractivity contribution in [3.63, 3.8) is 0 Å². The molecule has 0 saturated carbocycles. The van der Waals surface area contributed by atoms with Crippen molar-refractivity contribution in [2.24, 2.45) is 0 Å². The summed E-state index contributed by atoms with van der Waals surface area (Å²) in [4.78, 5) is 0.653. The van der Waals surface area contributed by atoms with E-state index < -0.39 is 9.84 Å². The number of fused-ring (bicyclic) bond motifs is 1. The molecule has 3 rings (SSSR count). The third-order valence-corrected chi connectivity index (χ3v) is 6.19. The molecule has 1 fully saturated rings. The number of sulfone groups is 1. The molecule has 0 spiro atoms. The highest BCUT2D eigenvalue weighted by Gasteiger charge is 2.36. The molecule has 122 valence electrons. The zero-order valence-electron chi connectivity index (χ0n) is 13.5. The van der Waals surface area contributed by atoms with Crippen LogP contribution in [-0.2, 0) is 14.6 Å². The van der Waals surface area contributed by atoms with Crippen LogP contribution in [0.1, 0.15) is 38.7 Å². The number of benzene rings is 1. The highest BCUT2D eigenvalue weighted by atomic mass is 32.2.